The SMILES string of the molecule is CCN(CC)C(=O)C1CCCN(c2nc(CN3CCN(C(c4ccc(C)cc4)c4ccc(Cl)cc4)CC3)nc3ccccc23)C1. The molecule has 236 valence electrons. The fraction of sp³-hybridized carbons (Fsp3) is 0.432. The first-order valence-electron chi connectivity index (χ1n) is 16.5. The molecular formula is C37H45ClN6O. The molecule has 3 aromatic carbocycles. The van der Waals surface area contributed by atoms with Crippen LogP contribution >= 0.6 is 11.6 Å². The molecule has 7 nitrogen and oxygen atoms in total. The lowest BCUT2D eigenvalue weighted by Gasteiger charge is -2.39. The first kappa shape index (κ1) is 31.5. The zero-order chi connectivity index (χ0) is 31.3. The second kappa shape index (κ2) is 14.3. The highest BCUT2D eigenvalue weighted by Gasteiger charge is 2.31. The van der Waals surface area contributed by atoms with Gasteiger partial charge in [0.25, 0.3) is 0 Å². The highest BCUT2D eigenvalue weighted by Crippen LogP contribution is 2.32. The third-order valence-corrected chi connectivity index (χ3v) is 9.74. The van der Waals surface area contributed by atoms with E-state index in [0.717, 1.165) is 86.2 Å². The molecule has 1 amide bonds. The van der Waals surface area contributed by atoms with Crippen LogP contribution in [0.15, 0.2) is 72.8 Å². The maximum Gasteiger partial charge on any atom is 0.227 e. The van der Waals surface area contributed by atoms with E-state index in [0.29, 0.717) is 13.1 Å². The minimum Gasteiger partial charge on any atom is -0.355 e. The minimum atomic E-state index is 0.00557. The Balaban J connectivity index is 1.19. The number of para-hydroxylation sites is 1. The molecule has 0 N–H and O–H groups in total. The fourth-order valence-electron chi connectivity index (χ4n) is 6.97. The van der Waals surface area contributed by atoms with Crippen LogP contribution in [-0.4, -0.2) is 82.9 Å². The van der Waals surface area contributed by atoms with Gasteiger partial charge in [-0.1, -0.05) is 65.7 Å². The van der Waals surface area contributed by atoms with Gasteiger partial charge in [0, 0.05) is 62.8 Å². The average Bonchev–Trinajstić information content (AvgIpc) is 3.07. The average molecular weight is 625 g/mol. The first-order valence-corrected chi connectivity index (χ1v) is 16.9. The molecule has 2 atom stereocenters. The highest BCUT2D eigenvalue weighted by molar-refractivity contribution is 6.30. The number of amides is 1. The van der Waals surface area contributed by atoms with Crippen molar-refractivity contribution in [3.63, 3.8) is 0 Å². The second-order valence-electron chi connectivity index (χ2n) is 12.5. The van der Waals surface area contributed by atoms with E-state index < -0.39 is 0 Å². The van der Waals surface area contributed by atoms with E-state index in [1.807, 2.05) is 23.1 Å². The Morgan fingerprint density at radius 2 is 1.56 bits per heavy atom. The third-order valence-electron chi connectivity index (χ3n) is 9.49. The number of hydrogen-bond donors (Lipinski definition) is 0. The van der Waals surface area contributed by atoms with Gasteiger partial charge in [0.2, 0.25) is 5.91 Å². The van der Waals surface area contributed by atoms with Gasteiger partial charge in [-0.05, 0) is 69.0 Å². The van der Waals surface area contributed by atoms with Crippen LogP contribution in [0.4, 0.5) is 5.82 Å². The Kier molecular flexibility index (Phi) is 9.98. The second-order valence-corrected chi connectivity index (χ2v) is 12.9. The van der Waals surface area contributed by atoms with E-state index in [1.165, 1.54) is 16.7 Å². The summed E-state index contributed by atoms with van der Waals surface area (Å²) in [5.74, 6) is 2.09. The van der Waals surface area contributed by atoms with Gasteiger partial charge >= 0.3 is 0 Å². The molecule has 6 rings (SSSR count). The topological polar surface area (TPSA) is 55.8 Å². The van der Waals surface area contributed by atoms with Crippen LogP contribution in [-0.2, 0) is 11.3 Å². The van der Waals surface area contributed by atoms with Crippen molar-refractivity contribution in [2.24, 2.45) is 5.92 Å². The van der Waals surface area contributed by atoms with Crippen molar-refractivity contribution in [3.8, 4) is 0 Å². The Bertz CT molecular complexity index is 1540. The smallest absolute Gasteiger partial charge is 0.227 e. The molecule has 0 saturated carbocycles. The quantitative estimate of drug-likeness (QED) is 0.210. The molecule has 2 aliphatic rings. The molecule has 2 saturated heterocycles. The van der Waals surface area contributed by atoms with Gasteiger partial charge in [0.1, 0.15) is 11.6 Å². The van der Waals surface area contributed by atoms with Crippen LogP contribution in [0.1, 0.15) is 55.2 Å². The number of benzene rings is 3. The van der Waals surface area contributed by atoms with E-state index >= 15 is 0 Å². The zero-order valence-electron chi connectivity index (χ0n) is 26.8. The third kappa shape index (κ3) is 7.16. The summed E-state index contributed by atoms with van der Waals surface area (Å²) in [4.78, 5) is 32.8. The number of carbonyl (C=O) groups excluding carboxylic acids is 1. The van der Waals surface area contributed by atoms with Crippen LogP contribution in [0.25, 0.3) is 10.9 Å². The molecule has 4 aromatic rings. The predicted octanol–water partition coefficient (Wildman–Crippen LogP) is 6.58. The monoisotopic (exact) mass is 624 g/mol. The van der Waals surface area contributed by atoms with Crippen LogP contribution in [0, 0.1) is 12.8 Å². The number of halogens is 1. The van der Waals surface area contributed by atoms with Gasteiger partial charge in [-0.25, -0.2) is 9.97 Å². The maximum absolute atomic E-state index is 13.3. The van der Waals surface area contributed by atoms with Crippen molar-refractivity contribution >= 4 is 34.2 Å². The summed E-state index contributed by atoms with van der Waals surface area (Å²) < 4.78 is 0. The Labute approximate surface area is 272 Å². The van der Waals surface area contributed by atoms with Crippen molar-refractivity contribution in [1.82, 2.24) is 24.7 Å². The number of nitrogens with zero attached hydrogens (tertiary/aromatic N) is 6. The summed E-state index contributed by atoms with van der Waals surface area (Å²) >= 11 is 6.26. The van der Waals surface area contributed by atoms with Gasteiger partial charge in [-0.3, -0.25) is 14.6 Å². The summed E-state index contributed by atoms with van der Waals surface area (Å²) in [5, 5.41) is 1.82. The maximum atomic E-state index is 13.3. The lowest BCUT2D eigenvalue weighted by atomic mass is 9.95. The molecular weight excluding hydrogens is 580 g/mol. The van der Waals surface area contributed by atoms with Crippen LogP contribution in [0.5, 0.6) is 0 Å². The summed E-state index contributed by atoms with van der Waals surface area (Å²) in [6.07, 6.45) is 1.93. The summed E-state index contributed by atoms with van der Waals surface area (Å²) in [6, 6.07) is 25.7. The van der Waals surface area contributed by atoms with Gasteiger partial charge in [0.15, 0.2) is 0 Å². The minimum absolute atomic E-state index is 0.00557. The number of fused-ring (bicyclic) bond motifs is 1. The molecule has 2 fully saturated rings. The van der Waals surface area contributed by atoms with Crippen LogP contribution in [0.2, 0.25) is 5.02 Å². The number of aryl methyl sites for hydroxylation is 1. The fourth-order valence-corrected chi connectivity index (χ4v) is 7.10. The molecule has 0 bridgehead atoms. The van der Waals surface area contributed by atoms with Crippen LogP contribution in [0.3, 0.4) is 0 Å². The van der Waals surface area contributed by atoms with E-state index in [2.05, 4.69) is 90.1 Å². The van der Waals surface area contributed by atoms with E-state index in [1.54, 1.807) is 0 Å². The van der Waals surface area contributed by atoms with Crippen molar-refractivity contribution in [3.05, 3.63) is 100 Å². The molecule has 0 radical (unpaired) electrons. The molecule has 2 aliphatic heterocycles. The van der Waals surface area contributed by atoms with Crippen molar-refractivity contribution in [1.29, 1.82) is 0 Å². The highest BCUT2D eigenvalue weighted by atomic mass is 35.5. The largest absolute Gasteiger partial charge is 0.355 e. The molecule has 1 aromatic heterocycles. The summed E-state index contributed by atoms with van der Waals surface area (Å²) in [7, 11) is 0. The van der Waals surface area contributed by atoms with Gasteiger partial charge < -0.3 is 9.80 Å². The number of carbonyl (C=O) groups is 1. The number of hydrogen-bond acceptors (Lipinski definition) is 6. The van der Waals surface area contributed by atoms with E-state index in [4.69, 9.17) is 21.6 Å². The molecule has 3 heterocycles. The van der Waals surface area contributed by atoms with Crippen molar-refractivity contribution in [2.45, 2.75) is 46.2 Å². The lowest BCUT2D eigenvalue weighted by Crippen LogP contribution is -2.47. The number of piperidine rings is 1. The number of anilines is 1. The van der Waals surface area contributed by atoms with Gasteiger partial charge in [-0.15, -0.1) is 0 Å². The molecule has 2 unspecified atom stereocenters. The van der Waals surface area contributed by atoms with Crippen LogP contribution < -0.4 is 4.90 Å². The Hall–Kier alpha value is -3.52. The Morgan fingerprint density at radius 3 is 2.24 bits per heavy atom. The molecule has 0 spiro atoms. The molecule has 8 heteroatoms. The van der Waals surface area contributed by atoms with E-state index in [9.17, 15) is 4.79 Å². The molecule has 0 aliphatic carbocycles. The number of aromatic nitrogens is 2. The zero-order valence-corrected chi connectivity index (χ0v) is 27.6. The number of rotatable bonds is 9. The van der Waals surface area contributed by atoms with Crippen molar-refractivity contribution < 1.29 is 4.79 Å². The van der Waals surface area contributed by atoms with Crippen molar-refractivity contribution in [2.75, 3.05) is 57.3 Å². The standard InChI is InChI=1S/C37H45ClN6O/c1-4-42(5-2)37(45)30-9-8-20-44(25-30)36-32-10-6-7-11-33(32)39-34(40-36)26-41-21-23-43(24-22-41)35(28-14-12-27(3)13-15-28)29-16-18-31(38)19-17-29/h6-7,10-19,30,35H,4-5,8-9,20-26H2,1-3H3. The lowest BCUT2D eigenvalue weighted by molar-refractivity contribution is -0.135. The normalized spacial score (nSPS) is 18.7. The summed E-state index contributed by atoms with van der Waals surface area (Å²) in [6.45, 7) is 13.9. The first-order chi connectivity index (χ1) is 21.9. The van der Waals surface area contributed by atoms with E-state index in [-0.39, 0.29) is 17.9 Å². The molecule has 45 heavy (non-hydrogen) atoms. The predicted molar refractivity (Wildman–Crippen MR) is 184 cm³/mol. The number of piperazine rings is 1. The summed E-state index contributed by atoms with van der Waals surface area (Å²) in [5.41, 5.74) is 4.80. The Morgan fingerprint density at radius 1 is 0.889 bits per heavy atom. The van der Waals surface area contributed by atoms with Gasteiger partial charge in [-0.2, -0.15) is 0 Å². The van der Waals surface area contributed by atoms with Gasteiger partial charge in [0.05, 0.1) is 24.0 Å².